The predicted molar refractivity (Wildman–Crippen MR) is 51.8 cm³/mol. The molecule has 78 valence electrons. The SMILES string of the molecule is NCCCCC(C(=O)O)n1ccnc1. The van der Waals surface area contributed by atoms with E-state index in [2.05, 4.69) is 4.98 Å². The van der Waals surface area contributed by atoms with Crippen LogP contribution in [0.4, 0.5) is 0 Å². The lowest BCUT2D eigenvalue weighted by atomic mass is 10.1. The van der Waals surface area contributed by atoms with Gasteiger partial charge in [0, 0.05) is 12.4 Å². The third kappa shape index (κ3) is 2.85. The molecule has 3 N–H and O–H groups in total. The van der Waals surface area contributed by atoms with Crippen molar-refractivity contribution in [2.75, 3.05) is 6.54 Å². The molecular weight excluding hydrogens is 182 g/mol. The van der Waals surface area contributed by atoms with Crippen molar-refractivity contribution in [1.29, 1.82) is 0 Å². The number of imidazole rings is 1. The van der Waals surface area contributed by atoms with E-state index < -0.39 is 12.0 Å². The number of hydrogen-bond donors (Lipinski definition) is 2. The highest BCUT2D eigenvalue weighted by atomic mass is 16.4. The average Bonchev–Trinajstić information content (AvgIpc) is 2.64. The maximum Gasteiger partial charge on any atom is 0.326 e. The summed E-state index contributed by atoms with van der Waals surface area (Å²) in [7, 11) is 0. The number of aliphatic carboxylic acids is 1. The zero-order valence-corrected chi connectivity index (χ0v) is 7.97. The van der Waals surface area contributed by atoms with E-state index in [9.17, 15) is 4.79 Å². The van der Waals surface area contributed by atoms with Gasteiger partial charge in [0.2, 0.25) is 0 Å². The second-order valence-electron chi connectivity index (χ2n) is 3.15. The maximum atomic E-state index is 10.9. The molecule has 0 amide bonds. The van der Waals surface area contributed by atoms with E-state index in [1.807, 2.05) is 0 Å². The van der Waals surface area contributed by atoms with Crippen molar-refractivity contribution >= 4 is 5.97 Å². The van der Waals surface area contributed by atoms with Gasteiger partial charge in [-0.05, 0) is 25.8 Å². The quantitative estimate of drug-likeness (QED) is 0.656. The van der Waals surface area contributed by atoms with E-state index in [0.29, 0.717) is 13.0 Å². The molecule has 1 atom stereocenters. The van der Waals surface area contributed by atoms with Gasteiger partial charge in [-0.3, -0.25) is 0 Å². The molecule has 0 radical (unpaired) electrons. The Labute approximate surface area is 82.6 Å². The summed E-state index contributed by atoms with van der Waals surface area (Å²) >= 11 is 0. The zero-order valence-electron chi connectivity index (χ0n) is 7.97. The van der Waals surface area contributed by atoms with Crippen LogP contribution in [0, 0.1) is 0 Å². The Morgan fingerprint density at radius 3 is 2.86 bits per heavy atom. The minimum absolute atomic E-state index is 0.510. The van der Waals surface area contributed by atoms with Gasteiger partial charge in [0.15, 0.2) is 0 Å². The monoisotopic (exact) mass is 197 g/mol. The van der Waals surface area contributed by atoms with Crippen LogP contribution >= 0.6 is 0 Å². The third-order valence-electron chi connectivity index (χ3n) is 2.10. The highest BCUT2D eigenvalue weighted by molar-refractivity contribution is 5.71. The van der Waals surface area contributed by atoms with Crippen LogP contribution < -0.4 is 5.73 Å². The molecule has 14 heavy (non-hydrogen) atoms. The van der Waals surface area contributed by atoms with Crippen molar-refractivity contribution in [2.45, 2.75) is 25.3 Å². The summed E-state index contributed by atoms with van der Waals surface area (Å²) < 4.78 is 1.61. The standard InChI is InChI=1S/C9H15N3O2/c10-4-2-1-3-8(9(13)14)12-6-5-11-7-12/h5-8H,1-4,10H2,(H,13,14). The largest absolute Gasteiger partial charge is 0.480 e. The number of nitrogens with zero attached hydrogens (tertiary/aromatic N) is 2. The lowest BCUT2D eigenvalue weighted by Gasteiger charge is -2.12. The van der Waals surface area contributed by atoms with Crippen LogP contribution in [-0.4, -0.2) is 27.2 Å². The molecule has 1 unspecified atom stereocenters. The van der Waals surface area contributed by atoms with Gasteiger partial charge in [-0.15, -0.1) is 0 Å². The minimum atomic E-state index is -0.819. The Kier molecular flexibility index (Phi) is 4.12. The van der Waals surface area contributed by atoms with Gasteiger partial charge in [0.25, 0.3) is 0 Å². The highest BCUT2D eigenvalue weighted by Gasteiger charge is 2.17. The molecule has 0 bridgehead atoms. The second-order valence-corrected chi connectivity index (χ2v) is 3.15. The first kappa shape index (κ1) is 10.7. The van der Waals surface area contributed by atoms with Crippen LogP contribution in [0.3, 0.4) is 0 Å². The fourth-order valence-electron chi connectivity index (χ4n) is 1.34. The fourth-order valence-corrected chi connectivity index (χ4v) is 1.34. The third-order valence-corrected chi connectivity index (χ3v) is 2.10. The number of hydrogen-bond acceptors (Lipinski definition) is 3. The normalized spacial score (nSPS) is 12.6. The fraction of sp³-hybridized carbons (Fsp3) is 0.556. The van der Waals surface area contributed by atoms with Crippen LogP contribution in [0.1, 0.15) is 25.3 Å². The topological polar surface area (TPSA) is 81.1 Å². The van der Waals surface area contributed by atoms with Gasteiger partial charge >= 0.3 is 5.97 Å². The van der Waals surface area contributed by atoms with E-state index in [-0.39, 0.29) is 0 Å². The van der Waals surface area contributed by atoms with Crippen molar-refractivity contribution < 1.29 is 9.90 Å². The van der Waals surface area contributed by atoms with E-state index >= 15 is 0 Å². The molecule has 0 saturated heterocycles. The molecule has 1 rings (SSSR count). The molecule has 0 spiro atoms. The summed E-state index contributed by atoms with van der Waals surface area (Å²) in [4.78, 5) is 14.7. The van der Waals surface area contributed by atoms with Crippen LogP contribution in [0.25, 0.3) is 0 Å². The first-order valence-electron chi connectivity index (χ1n) is 4.66. The summed E-state index contributed by atoms with van der Waals surface area (Å²) in [5.74, 6) is -0.819. The van der Waals surface area contributed by atoms with E-state index in [1.54, 1.807) is 17.0 Å². The molecule has 5 heteroatoms. The first-order valence-corrected chi connectivity index (χ1v) is 4.66. The van der Waals surface area contributed by atoms with E-state index in [1.165, 1.54) is 6.33 Å². The predicted octanol–water partition coefficient (Wildman–Crippen LogP) is 0.638. The molecule has 0 aliphatic rings. The molecule has 0 fully saturated rings. The molecule has 1 aromatic rings. The number of carboxylic acid groups (broad SMARTS) is 1. The van der Waals surface area contributed by atoms with Crippen molar-refractivity contribution in [2.24, 2.45) is 5.73 Å². The molecule has 5 nitrogen and oxygen atoms in total. The van der Waals surface area contributed by atoms with Gasteiger partial charge in [0.1, 0.15) is 6.04 Å². The van der Waals surface area contributed by atoms with Gasteiger partial charge < -0.3 is 15.4 Å². The molecular formula is C9H15N3O2. The molecule has 1 heterocycles. The highest BCUT2D eigenvalue weighted by Crippen LogP contribution is 2.14. The minimum Gasteiger partial charge on any atom is -0.480 e. The number of carboxylic acids is 1. The lowest BCUT2D eigenvalue weighted by molar-refractivity contribution is -0.141. The maximum absolute atomic E-state index is 10.9. The van der Waals surface area contributed by atoms with Gasteiger partial charge in [-0.2, -0.15) is 0 Å². The Hall–Kier alpha value is -1.36. The number of nitrogens with two attached hydrogens (primary N) is 1. The summed E-state index contributed by atoms with van der Waals surface area (Å²) in [6.45, 7) is 0.607. The van der Waals surface area contributed by atoms with Crippen LogP contribution in [0.15, 0.2) is 18.7 Å². The molecule has 0 saturated carbocycles. The smallest absolute Gasteiger partial charge is 0.326 e. The van der Waals surface area contributed by atoms with Gasteiger partial charge in [0.05, 0.1) is 6.33 Å². The van der Waals surface area contributed by atoms with Gasteiger partial charge in [-0.25, -0.2) is 9.78 Å². The summed E-state index contributed by atoms with van der Waals surface area (Å²) in [6, 6.07) is -0.510. The number of carbonyl (C=O) groups is 1. The lowest BCUT2D eigenvalue weighted by Crippen LogP contribution is -2.18. The van der Waals surface area contributed by atoms with E-state index in [0.717, 1.165) is 12.8 Å². The number of unbranched alkanes of at least 4 members (excludes halogenated alkanes) is 1. The second kappa shape index (κ2) is 5.39. The zero-order chi connectivity index (χ0) is 10.4. The van der Waals surface area contributed by atoms with Crippen molar-refractivity contribution in [3.05, 3.63) is 18.7 Å². The Morgan fingerprint density at radius 1 is 1.57 bits per heavy atom. The van der Waals surface area contributed by atoms with Crippen LogP contribution in [-0.2, 0) is 4.79 Å². The molecule has 0 aliphatic heterocycles. The molecule has 0 aliphatic carbocycles. The Morgan fingerprint density at radius 2 is 2.36 bits per heavy atom. The summed E-state index contributed by atoms with van der Waals surface area (Å²) in [5, 5.41) is 8.96. The van der Waals surface area contributed by atoms with Crippen molar-refractivity contribution in [3.63, 3.8) is 0 Å². The Bertz CT molecular complexity index is 272. The van der Waals surface area contributed by atoms with Crippen LogP contribution in [0.2, 0.25) is 0 Å². The summed E-state index contributed by atoms with van der Waals surface area (Å²) in [6.07, 6.45) is 7.06. The molecule has 1 aromatic heterocycles. The molecule has 0 aromatic carbocycles. The first-order chi connectivity index (χ1) is 6.75. The van der Waals surface area contributed by atoms with Crippen molar-refractivity contribution in [3.8, 4) is 0 Å². The average molecular weight is 197 g/mol. The summed E-state index contributed by atoms with van der Waals surface area (Å²) in [5.41, 5.74) is 5.34. The Balaban J connectivity index is 2.52. The van der Waals surface area contributed by atoms with Crippen molar-refractivity contribution in [1.82, 2.24) is 9.55 Å². The number of rotatable bonds is 6. The van der Waals surface area contributed by atoms with Crippen LogP contribution in [0.5, 0.6) is 0 Å². The van der Waals surface area contributed by atoms with E-state index in [4.69, 9.17) is 10.8 Å². The van der Waals surface area contributed by atoms with Gasteiger partial charge in [-0.1, -0.05) is 0 Å². The number of aromatic nitrogens is 2.